The van der Waals surface area contributed by atoms with Gasteiger partial charge in [0, 0.05) is 31.7 Å². The van der Waals surface area contributed by atoms with Gasteiger partial charge in [0.2, 0.25) is 0 Å². The Kier molecular flexibility index (Phi) is 4.03. The molecule has 1 fully saturated rings. The van der Waals surface area contributed by atoms with Crippen LogP contribution >= 0.6 is 15.9 Å². The Bertz CT molecular complexity index is 329. The van der Waals surface area contributed by atoms with Gasteiger partial charge in [-0.05, 0) is 34.8 Å². The quantitative estimate of drug-likeness (QED) is 0.829. The van der Waals surface area contributed by atoms with Gasteiger partial charge in [-0.2, -0.15) is 5.10 Å². The van der Waals surface area contributed by atoms with E-state index >= 15 is 0 Å². The summed E-state index contributed by atoms with van der Waals surface area (Å²) in [6.07, 6.45) is 5.23. The lowest BCUT2D eigenvalue weighted by molar-refractivity contribution is 0.0805. The zero-order valence-corrected chi connectivity index (χ0v) is 11.7. The fourth-order valence-corrected chi connectivity index (χ4v) is 2.45. The molecule has 1 aromatic heterocycles. The van der Waals surface area contributed by atoms with E-state index < -0.39 is 0 Å². The minimum atomic E-state index is 0.791. The second-order valence-electron chi connectivity index (χ2n) is 5.19. The highest BCUT2D eigenvalue weighted by atomic mass is 79.9. The van der Waals surface area contributed by atoms with Gasteiger partial charge in [0.1, 0.15) is 0 Å². The lowest BCUT2D eigenvalue weighted by Gasteiger charge is -2.39. The molecule has 0 saturated carbocycles. The molecule has 16 heavy (non-hydrogen) atoms. The summed E-state index contributed by atoms with van der Waals surface area (Å²) in [6, 6.07) is 0. The Balaban J connectivity index is 1.65. The summed E-state index contributed by atoms with van der Waals surface area (Å²) in [6.45, 7) is 9.38. The van der Waals surface area contributed by atoms with Crippen LogP contribution < -0.4 is 0 Å². The first-order chi connectivity index (χ1) is 7.63. The van der Waals surface area contributed by atoms with Crippen LogP contribution in [0.5, 0.6) is 0 Å². The average molecular weight is 286 g/mol. The zero-order valence-electron chi connectivity index (χ0n) is 10.1. The van der Waals surface area contributed by atoms with Crippen molar-refractivity contribution in [3.8, 4) is 0 Å². The minimum Gasteiger partial charge on any atom is -0.303 e. The van der Waals surface area contributed by atoms with Crippen LogP contribution in [-0.4, -0.2) is 34.3 Å². The highest BCUT2D eigenvalue weighted by molar-refractivity contribution is 9.10. The zero-order chi connectivity index (χ0) is 11.5. The summed E-state index contributed by atoms with van der Waals surface area (Å²) < 4.78 is 3.11. The maximum Gasteiger partial charge on any atom is 0.0632 e. The molecular formula is C12H20BrN3. The van der Waals surface area contributed by atoms with Crippen LogP contribution in [0.3, 0.4) is 0 Å². The third-order valence-electron chi connectivity index (χ3n) is 3.10. The second-order valence-corrected chi connectivity index (χ2v) is 6.10. The van der Waals surface area contributed by atoms with Crippen LogP contribution in [0, 0.1) is 11.8 Å². The number of likely N-dealkylation sites (tertiary alicyclic amines) is 1. The Morgan fingerprint density at radius 2 is 2.25 bits per heavy atom. The molecule has 1 aliphatic heterocycles. The molecular weight excluding hydrogens is 266 g/mol. The van der Waals surface area contributed by atoms with E-state index in [1.807, 2.05) is 10.9 Å². The Morgan fingerprint density at radius 1 is 1.50 bits per heavy atom. The van der Waals surface area contributed by atoms with Crippen molar-refractivity contribution in [1.29, 1.82) is 0 Å². The highest BCUT2D eigenvalue weighted by Crippen LogP contribution is 2.19. The van der Waals surface area contributed by atoms with E-state index in [1.165, 1.54) is 26.1 Å². The van der Waals surface area contributed by atoms with Gasteiger partial charge < -0.3 is 4.90 Å². The third-order valence-corrected chi connectivity index (χ3v) is 3.51. The van der Waals surface area contributed by atoms with Crippen molar-refractivity contribution in [3.05, 3.63) is 16.9 Å². The van der Waals surface area contributed by atoms with Crippen molar-refractivity contribution in [2.24, 2.45) is 11.8 Å². The fourth-order valence-electron chi connectivity index (χ4n) is 2.12. The molecule has 0 atom stereocenters. The van der Waals surface area contributed by atoms with Gasteiger partial charge >= 0.3 is 0 Å². The number of rotatable bonds is 5. The topological polar surface area (TPSA) is 21.1 Å². The Hall–Kier alpha value is -0.350. The summed E-state index contributed by atoms with van der Waals surface area (Å²) in [7, 11) is 0. The first kappa shape index (κ1) is 12.1. The number of aromatic nitrogens is 2. The molecule has 1 aliphatic rings. The number of hydrogen-bond donors (Lipinski definition) is 0. The molecule has 0 N–H and O–H groups in total. The smallest absolute Gasteiger partial charge is 0.0632 e. The molecule has 0 unspecified atom stereocenters. The summed E-state index contributed by atoms with van der Waals surface area (Å²) in [5.74, 6) is 1.61. The van der Waals surface area contributed by atoms with Crippen molar-refractivity contribution in [3.63, 3.8) is 0 Å². The van der Waals surface area contributed by atoms with Gasteiger partial charge in [0.25, 0.3) is 0 Å². The van der Waals surface area contributed by atoms with Gasteiger partial charge in [0.05, 0.1) is 10.7 Å². The van der Waals surface area contributed by atoms with E-state index in [-0.39, 0.29) is 0 Å². The van der Waals surface area contributed by atoms with E-state index in [2.05, 4.69) is 46.0 Å². The maximum absolute atomic E-state index is 4.29. The van der Waals surface area contributed by atoms with E-state index in [0.717, 1.165) is 22.9 Å². The van der Waals surface area contributed by atoms with Crippen LogP contribution in [0.2, 0.25) is 0 Å². The van der Waals surface area contributed by atoms with Gasteiger partial charge in [0.15, 0.2) is 0 Å². The highest BCUT2D eigenvalue weighted by Gasteiger charge is 2.26. The third kappa shape index (κ3) is 3.32. The van der Waals surface area contributed by atoms with Crippen LogP contribution in [0.1, 0.15) is 20.3 Å². The molecule has 3 nitrogen and oxygen atoms in total. The van der Waals surface area contributed by atoms with E-state index in [4.69, 9.17) is 0 Å². The van der Waals surface area contributed by atoms with Crippen molar-refractivity contribution >= 4 is 15.9 Å². The van der Waals surface area contributed by atoms with Gasteiger partial charge in [-0.1, -0.05) is 13.8 Å². The van der Waals surface area contributed by atoms with E-state index in [0.29, 0.717) is 0 Å². The summed E-state index contributed by atoms with van der Waals surface area (Å²) in [4.78, 5) is 2.54. The molecule has 0 bridgehead atoms. The van der Waals surface area contributed by atoms with Crippen molar-refractivity contribution in [1.82, 2.24) is 14.7 Å². The molecule has 0 aromatic carbocycles. The minimum absolute atomic E-state index is 0.791. The number of nitrogens with zero attached hydrogens (tertiary/aromatic N) is 3. The molecule has 0 aliphatic carbocycles. The van der Waals surface area contributed by atoms with E-state index in [9.17, 15) is 0 Å². The lowest BCUT2D eigenvalue weighted by Crippen LogP contribution is -2.48. The van der Waals surface area contributed by atoms with Crippen LogP contribution in [-0.2, 0) is 6.54 Å². The van der Waals surface area contributed by atoms with Crippen molar-refractivity contribution in [2.75, 3.05) is 19.6 Å². The second kappa shape index (κ2) is 5.32. The Morgan fingerprint density at radius 3 is 2.81 bits per heavy atom. The number of hydrogen-bond acceptors (Lipinski definition) is 2. The Labute approximate surface area is 106 Å². The predicted octanol–water partition coefficient (Wildman–Crippen LogP) is 2.62. The monoisotopic (exact) mass is 285 g/mol. The molecule has 0 amide bonds. The molecule has 1 aromatic rings. The predicted molar refractivity (Wildman–Crippen MR) is 69.3 cm³/mol. The summed E-state index contributed by atoms with van der Waals surface area (Å²) >= 11 is 3.42. The first-order valence-electron chi connectivity index (χ1n) is 6.04. The van der Waals surface area contributed by atoms with Crippen LogP contribution in [0.25, 0.3) is 0 Å². The molecule has 90 valence electrons. The standard InChI is InChI=1S/C12H20BrN3/c1-10(2)3-4-15-6-11(7-15)8-16-9-12(13)5-14-16/h5,9-11H,3-4,6-8H2,1-2H3. The maximum atomic E-state index is 4.29. The normalized spacial score (nSPS) is 18.0. The van der Waals surface area contributed by atoms with Gasteiger partial charge in [-0.3, -0.25) is 4.68 Å². The van der Waals surface area contributed by atoms with Gasteiger partial charge in [-0.25, -0.2) is 0 Å². The van der Waals surface area contributed by atoms with Gasteiger partial charge in [-0.15, -0.1) is 0 Å². The summed E-state index contributed by atoms with van der Waals surface area (Å²) in [5.41, 5.74) is 0. The number of halogens is 1. The molecule has 2 rings (SSSR count). The van der Waals surface area contributed by atoms with Crippen molar-refractivity contribution < 1.29 is 0 Å². The molecule has 0 radical (unpaired) electrons. The van der Waals surface area contributed by atoms with Crippen LogP contribution in [0.4, 0.5) is 0 Å². The summed E-state index contributed by atoms with van der Waals surface area (Å²) in [5, 5.41) is 4.29. The average Bonchev–Trinajstić information content (AvgIpc) is 2.55. The first-order valence-corrected chi connectivity index (χ1v) is 6.83. The van der Waals surface area contributed by atoms with Crippen molar-refractivity contribution in [2.45, 2.75) is 26.8 Å². The lowest BCUT2D eigenvalue weighted by atomic mass is 9.99. The molecule has 0 spiro atoms. The van der Waals surface area contributed by atoms with Crippen LogP contribution in [0.15, 0.2) is 16.9 Å². The fraction of sp³-hybridized carbons (Fsp3) is 0.750. The van der Waals surface area contributed by atoms with E-state index in [1.54, 1.807) is 0 Å². The SMILES string of the molecule is CC(C)CCN1CC(Cn2cc(Br)cn2)C1. The largest absolute Gasteiger partial charge is 0.303 e. The molecule has 1 saturated heterocycles. The molecule has 4 heteroatoms. The molecule has 2 heterocycles.